The average Bonchev–Trinajstić information content (AvgIpc) is 2.28. The molecule has 0 saturated heterocycles. The molecule has 0 radical (unpaired) electrons. The highest BCUT2D eigenvalue weighted by atomic mass is 16.5. The number of rotatable bonds is 2. The van der Waals surface area contributed by atoms with E-state index in [4.69, 9.17) is 10.5 Å². The van der Waals surface area contributed by atoms with Gasteiger partial charge in [-0.25, -0.2) is 0 Å². The number of methoxy groups -OCH3 is 1. The second-order valence-electron chi connectivity index (χ2n) is 3.83. The van der Waals surface area contributed by atoms with Crippen molar-refractivity contribution >= 4 is 10.8 Å². The number of ether oxygens (including phenoxy) is 1. The zero-order valence-corrected chi connectivity index (χ0v) is 9.45. The van der Waals surface area contributed by atoms with Crippen molar-refractivity contribution in [2.75, 3.05) is 7.11 Å². The lowest BCUT2D eigenvalue weighted by atomic mass is 10.0. The molecule has 0 saturated carbocycles. The lowest BCUT2D eigenvalue weighted by Crippen LogP contribution is -1.97. The number of phenolic OH excluding ortho intramolecular Hbond substituents is 1. The molecule has 3 N–H and O–H groups in total. The summed E-state index contributed by atoms with van der Waals surface area (Å²) >= 11 is 0. The molecule has 0 spiro atoms. The van der Waals surface area contributed by atoms with Gasteiger partial charge in [0.2, 0.25) is 0 Å². The number of hydrogen-bond acceptors (Lipinski definition) is 3. The van der Waals surface area contributed by atoms with Gasteiger partial charge in [-0.1, -0.05) is 6.07 Å². The smallest absolute Gasteiger partial charge is 0.126 e. The Morgan fingerprint density at radius 1 is 1.31 bits per heavy atom. The first-order valence-electron chi connectivity index (χ1n) is 5.16. The first-order chi connectivity index (χ1) is 7.67. The minimum Gasteiger partial charge on any atom is -0.507 e. The molecule has 0 aliphatic carbocycles. The summed E-state index contributed by atoms with van der Waals surface area (Å²) in [4.78, 5) is 0. The van der Waals surface area contributed by atoms with Crippen LogP contribution in [0.5, 0.6) is 11.5 Å². The maximum absolute atomic E-state index is 9.97. The maximum Gasteiger partial charge on any atom is 0.126 e. The number of aromatic hydroxyl groups is 1. The summed E-state index contributed by atoms with van der Waals surface area (Å²) in [6.07, 6.45) is 0. The molecule has 0 atom stereocenters. The van der Waals surface area contributed by atoms with Crippen molar-refractivity contribution in [2.24, 2.45) is 5.73 Å². The lowest BCUT2D eigenvalue weighted by Gasteiger charge is -2.11. The van der Waals surface area contributed by atoms with E-state index in [-0.39, 0.29) is 5.75 Å². The number of phenols is 1. The van der Waals surface area contributed by atoms with E-state index in [2.05, 4.69) is 0 Å². The van der Waals surface area contributed by atoms with Gasteiger partial charge >= 0.3 is 0 Å². The van der Waals surface area contributed by atoms with E-state index in [1.165, 1.54) is 0 Å². The Balaban J connectivity index is 2.87. The van der Waals surface area contributed by atoms with Gasteiger partial charge in [-0.05, 0) is 36.2 Å². The Bertz CT molecular complexity index is 535. The third-order valence-corrected chi connectivity index (χ3v) is 2.78. The second kappa shape index (κ2) is 4.02. The van der Waals surface area contributed by atoms with Crippen LogP contribution in [0, 0.1) is 6.92 Å². The number of aryl methyl sites for hydroxylation is 1. The third kappa shape index (κ3) is 1.59. The SMILES string of the molecule is COc1ccc(C)c2c(O)cc(CN)cc12. The van der Waals surface area contributed by atoms with Gasteiger partial charge in [0, 0.05) is 17.3 Å². The normalized spacial score (nSPS) is 10.7. The number of fused-ring (bicyclic) bond motifs is 1. The summed E-state index contributed by atoms with van der Waals surface area (Å²) < 4.78 is 5.29. The van der Waals surface area contributed by atoms with Gasteiger partial charge in [0.1, 0.15) is 11.5 Å². The fraction of sp³-hybridized carbons (Fsp3) is 0.231. The van der Waals surface area contributed by atoms with E-state index in [0.717, 1.165) is 27.6 Å². The van der Waals surface area contributed by atoms with E-state index >= 15 is 0 Å². The summed E-state index contributed by atoms with van der Waals surface area (Å²) in [5, 5.41) is 11.7. The molecule has 3 nitrogen and oxygen atoms in total. The minimum atomic E-state index is 0.259. The van der Waals surface area contributed by atoms with Gasteiger partial charge < -0.3 is 15.6 Å². The summed E-state index contributed by atoms with van der Waals surface area (Å²) in [6, 6.07) is 7.50. The highest BCUT2D eigenvalue weighted by molar-refractivity contribution is 5.96. The van der Waals surface area contributed by atoms with Crippen molar-refractivity contribution in [3.8, 4) is 11.5 Å². The second-order valence-corrected chi connectivity index (χ2v) is 3.83. The van der Waals surface area contributed by atoms with Crippen LogP contribution in [0.4, 0.5) is 0 Å². The topological polar surface area (TPSA) is 55.5 Å². The van der Waals surface area contributed by atoms with Gasteiger partial charge in [-0.3, -0.25) is 0 Å². The van der Waals surface area contributed by atoms with Crippen molar-refractivity contribution in [3.05, 3.63) is 35.4 Å². The van der Waals surface area contributed by atoms with Crippen molar-refractivity contribution in [2.45, 2.75) is 13.5 Å². The summed E-state index contributed by atoms with van der Waals surface area (Å²) in [6.45, 7) is 2.37. The van der Waals surface area contributed by atoms with Crippen molar-refractivity contribution in [1.29, 1.82) is 0 Å². The van der Waals surface area contributed by atoms with Crippen molar-refractivity contribution in [1.82, 2.24) is 0 Å². The molecule has 2 aromatic carbocycles. The molecular formula is C13H15NO2. The lowest BCUT2D eigenvalue weighted by molar-refractivity contribution is 0.419. The molecular weight excluding hydrogens is 202 g/mol. The van der Waals surface area contributed by atoms with Gasteiger partial charge in [-0.15, -0.1) is 0 Å². The van der Waals surface area contributed by atoms with Crippen molar-refractivity contribution < 1.29 is 9.84 Å². The van der Waals surface area contributed by atoms with Gasteiger partial charge in [0.15, 0.2) is 0 Å². The Labute approximate surface area is 94.5 Å². The molecule has 84 valence electrons. The standard InChI is InChI=1S/C13H15NO2/c1-8-3-4-12(16-2)10-5-9(7-14)6-11(15)13(8)10/h3-6,15H,7,14H2,1-2H3. The molecule has 0 amide bonds. The molecule has 0 aliphatic rings. The molecule has 0 unspecified atom stereocenters. The molecule has 0 heterocycles. The predicted molar refractivity (Wildman–Crippen MR) is 64.8 cm³/mol. The Morgan fingerprint density at radius 3 is 2.69 bits per heavy atom. The van der Waals surface area contributed by atoms with Crippen molar-refractivity contribution in [3.63, 3.8) is 0 Å². The number of benzene rings is 2. The van der Waals surface area contributed by atoms with Crippen LogP contribution in [0.1, 0.15) is 11.1 Å². The van der Waals surface area contributed by atoms with E-state index in [1.54, 1.807) is 13.2 Å². The fourth-order valence-electron chi connectivity index (χ4n) is 1.96. The maximum atomic E-state index is 9.97. The van der Waals surface area contributed by atoms with Gasteiger partial charge in [-0.2, -0.15) is 0 Å². The molecule has 0 aliphatic heterocycles. The van der Waals surface area contributed by atoms with E-state index in [9.17, 15) is 5.11 Å². The van der Waals surface area contributed by atoms with Crippen LogP contribution in [0.3, 0.4) is 0 Å². The summed E-state index contributed by atoms with van der Waals surface area (Å²) in [5.41, 5.74) is 7.51. The Hall–Kier alpha value is -1.74. The van der Waals surface area contributed by atoms with Gasteiger partial charge in [0.05, 0.1) is 7.11 Å². The first kappa shape index (κ1) is 10.8. The minimum absolute atomic E-state index is 0.259. The fourth-order valence-corrected chi connectivity index (χ4v) is 1.96. The highest BCUT2D eigenvalue weighted by Gasteiger charge is 2.09. The molecule has 2 aromatic rings. The van der Waals surface area contributed by atoms with E-state index in [0.29, 0.717) is 6.54 Å². The van der Waals surface area contributed by atoms with E-state index in [1.807, 2.05) is 25.1 Å². The average molecular weight is 217 g/mol. The molecule has 3 heteroatoms. The van der Waals surface area contributed by atoms with Crippen LogP contribution in [0.25, 0.3) is 10.8 Å². The molecule has 0 aromatic heterocycles. The Morgan fingerprint density at radius 2 is 2.06 bits per heavy atom. The van der Waals surface area contributed by atoms with Crippen LogP contribution in [-0.4, -0.2) is 12.2 Å². The van der Waals surface area contributed by atoms with Crippen LogP contribution in [0.2, 0.25) is 0 Å². The summed E-state index contributed by atoms with van der Waals surface area (Å²) in [7, 11) is 1.62. The largest absolute Gasteiger partial charge is 0.507 e. The van der Waals surface area contributed by atoms with Crippen LogP contribution in [-0.2, 0) is 6.54 Å². The predicted octanol–water partition coefficient (Wildman–Crippen LogP) is 2.32. The zero-order valence-electron chi connectivity index (χ0n) is 9.45. The Kier molecular flexibility index (Phi) is 2.71. The molecule has 0 bridgehead atoms. The van der Waals surface area contributed by atoms with Crippen LogP contribution < -0.4 is 10.5 Å². The molecule has 2 rings (SSSR count). The van der Waals surface area contributed by atoms with Crippen LogP contribution in [0.15, 0.2) is 24.3 Å². The number of hydrogen-bond donors (Lipinski definition) is 2. The third-order valence-electron chi connectivity index (χ3n) is 2.78. The van der Waals surface area contributed by atoms with Gasteiger partial charge in [0.25, 0.3) is 0 Å². The number of nitrogens with two attached hydrogens (primary N) is 1. The first-order valence-corrected chi connectivity index (χ1v) is 5.16. The van der Waals surface area contributed by atoms with E-state index < -0.39 is 0 Å². The van der Waals surface area contributed by atoms with Crippen LogP contribution >= 0.6 is 0 Å². The molecule has 16 heavy (non-hydrogen) atoms. The quantitative estimate of drug-likeness (QED) is 0.811. The zero-order chi connectivity index (χ0) is 11.7. The highest BCUT2D eigenvalue weighted by Crippen LogP contribution is 2.35. The summed E-state index contributed by atoms with van der Waals surface area (Å²) in [5.74, 6) is 1.01. The molecule has 0 fully saturated rings. The monoisotopic (exact) mass is 217 g/mol.